The van der Waals surface area contributed by atoms with Crippen molar-refractivity contribution in [2.24, 2.45) is 0 Å². The molecule has 0 saturated carbocycles. The Morgan fingerprint density at radius 1 is 0.644 bits per heavy atom. The SMILES string of the molecule is C=CCOC(=O)N1c2cc(OCCCC(=O)O)c(OC)cc2C(=O)N2CC=C(c3ccsc3)C[C@H]2C1OC1CCCCO1.C=CCOC(=O)N1c2cc(OCCCC(=O)OC)c(OC)cc2C(=O)N2CC=C(c3ccsc3)C[C@H]2C1OC1CCCCO1. The predicted octanol–water partition coefficient (Wildman–Crippen LogP) is 10.7. The first-order valence-corrected chi connectivity index (χ1v) is 31.0. The van der Waals surface area contributed by atoms with E-state index in [2.05, 4.69) is 23.9 Å². The lowest BCUT2D eigenvalue weighted by Crippen LogP contribution is -2.57. The van der Waals surface area contributed by atoms with Crippen molar-refractivity contribution in [1.82, 2.24) is 9.80 Å². The Balaban J connectivity index is 0.000000208. The summed E-state index contributed by atoms with van der Waals surface area (Å²) in [6.07, 6.45) is 9.21. The van der Waals surface area contributed by atoms with Crippen molar-refractivity contribution in [1.29, 1.82) is 0 Å². The summed E-state index contributed by atoms with van der Waals surface area (Å²) >= 11 is 3.19. The van der Waals surface area contributed by atoms with Gasteiger partial charge >= 0.3 is 24.1 Å². The molecule has 2 saturated heterocycles. The Bertz CT molecular complexity index is 3140. The minimum absolute atomic E-state index is 0.0350. The van der Waals surface area contributed by atoms with Gasteiger partial charge in [0.15, 0.2) is 48.0 Å². The van der Waals surface area contributed by atoms with Gasteiger partial charge in [-0.15, -0.1) is 0 Å². The summed E-state index contributed by atoms with van der Waals surface area (Å²) in [7, 11) is 4.26. The van der Waals surface area contributed by atoms with E-state index in [1.807, 2.05) is 35.0 Å². The highest BCUT2D eigenvalue weighted by Gasteiger charge is 2.49. The number of thiophene rings is 2. The number of benzene rings is 2. The molecular formula is C63H74N4O18S2. The fourth-order valence-electron chi connectivity index (χ4n) is 11.1. The van der Waals surface area contributed by atoms with E-state index < -0.39 is 55.3 Å². The summed E-state index contributed by atoms with van der Waals surface area (Å²) in [5.74, 6) is -0.711. The molecule has 2 aromatic carbocycles. The van der Waals surface area contributed by atoms with Gasteiger partial charge in [0.1, 0.15) is 13.2 Å². The predicted molar refractivity (Wildman–Crippen MR) is 324 cm³/mol. The Kier molecular flexibility index (Phi) is 22.5. The number of hydrogen-bond donors (Lipinski definition) is 1. The van der Waals surface area contributed by atoms with Crippen molar-refractivity contribution in [2.45, 2.75) is 114 Å². The number of rotatable bonds is 22. The van der Waals surface area contributed by atoms with E-state index in [0.717, 1.165) is 48.0 Å². The topological polar surface area (TPSA) is 237 Å². The monoisotopic (exact) mass is 1240 g/mol. The number of fused-ring (bicyclic) bond motifs is 4. The second-order valence-electron chi connectivity index (χ2n) is 21.0. The number of aliphatic carboxylic acids is 1. The molecule has 4 amide bonds. The summed E-state index contributed by atoms with van der Waals surface area (Å²) in [6.45, 7) is 9.25. The van der Waals surface area contributed by atoms with Gasteiger partial charge in [-0.3, -0.25) is 19.2 Å². The van der Waals surface area contributed by atoms with Crippen LogP contribution in [-0.4, -0.2) is 162 Å². The molecule has 0 spiro atoms. The number of hydrogen-bond acceptors (Lipinski definition) is 19. The number of anilines is 2. The summed E-state index contributed by atoms with van der Waals surface area (Å²) in [5.41, 5.74) is 5.22. The van der Waals surface area contributed by atoms with Gasteiger partial charge in [-0.2, -0.15) is 22.7 Å². The van der Waals surface area contributed by atoms with Crippen molar-refractivity contribution in [3.8, 4) is 23.0 Å². The smallest absolute Gasteiger partial charge is 0.416 e. The van der Waals surface area contributed by atoms with Gasteiger partial charge in [0.25, 0.3) is 11.8 Å². The number of ether oxygens (including phenoxy) is 11. The third-order valence-corrected chi connectivity index (χ3v) is 16.8. The molecule has 0 radical (unpaired) electrons. The van der Waals surface area contributed by atoms with Crippen molar-refractivity contribution < 1.29 is 86.0 Å². The van der Waals surface area contributed by atoms with E-state index in [1.54, 1.807) is 56.7 Å². The molecule has 6 atom stereocenters. The van der Waals surface area contributed by atoms with Gasteiger partial charge in [0, 0.05) is 51.3 Å². The first kappa shape index (κ1) is 63.8. The Morgan fingerprint density at radius 3 is 1.48 bits per heavy atom. The fourth-order valence-corrected chi connectivity index (χ4v) is 12.5. The van der Waals surface area contributed by atoms with E-state index >= 15 is 0 Å². The molecule has 8 heterocycles. The second-order valence-corrected chi connectivity index (χ2v) is 22.5. The zero-order valence-corrected chi connectivity index (χ0v) is 50.7. The third kappa shape index (κ3) is 15.3. The molecule has 0 bridgehead atoms. The van der Waals surface area contributed by atoms with Crippen LogP contribution in [0.25, 0.3) is 11.1 Å². The first-order chi connectivity index (χ1) is 42.3. The van der Waals surface area contributed by atoms with E-state index in [0.29, 0.717) is 69.9 Å². The zero-order chi connectivity index (χ0) is 61.4. The largest absolute Gasteiger partial charge is 0.493 e. The van der Waals surface area contributed by atoms with Crippen LogP contribution < -0.4 is 28.7 Å². The van der Waals surface area contributed by atoms with Crippen LogP contribution in [-0.2, 0) is 42.7 Å². The molecule has 2 fully saturated rings. The Hall–Kier alpha value is -7.74. The number of amides is 4. The molecule has 87 heavy (non-hydrogen) atoms. The summed E-state index contributed by atoms with van der Waals surface area (Å²) in [5, 5.41) is 17.2. The van der Waals surface area contributed by atoms with Crippen LogP contribution in [0, 0.1) is 0 Å². The van der Waals surface area contributed by atoms with Crippen LogP contribution >= 0.6 is 22.7 Å². The molecule has 24 heteroatoms. The van der Waals surface area contributed by atoms with Crippen LogP contribution in [0.3, 0.4) is 0 Å². The average molecular weight is 1240 g/mol. The van der Waals surface area contributed by atoms with Crippen LogP contribution in [0.4, 0.5) is 21.0 Å². The molecule has 4 unspecified atom stereocenters. The van der Waals surface area contributed by atoms with Crippen LogP contribution in [0.15, 0.2) is 95.4 Å². The van der Waals surface area contributed by atoms with Crippen molar-refractivity contribution >= 4 is 81.1 Å². The van der Waals surface area contributed by atoms with Gasteiger partial charge in [0.2, 0.25) is 0 Å². The molecular weight excluding hydrogens is 1160 g/mol. The lowest BCUT2D eigenvalue weighted by molar-refractivity contribution is -0.197. The van der Waals surface area contributed by atoms with Gasteiger partial charge < -0.3 is 67.0 Å². The Morgan fingerprint density at radius 2 is 1.10 bits per heavy atom. The molecule has 1 N–H and O–H groups in total. The molecule has 466 valence electrons. The highest BCUT2D eigenvalue weighted by Crippen LogP contribution is 2.46. The lowest BCUT2D eigenvalue weighted by atomic mass is 9.94. The van der Waals surface area contributed by atoms with Crippen LogP contribution in [0.5, 0.6) is 23.0 Å². The van der Waals surface area contributed by atoms with Crippen molar-refractivity contribution in [2.75, 3.05) is 83.9 Å². The van der Waals surface area contributed by atoms with Crippen molar-refractivity contribution in [3.63, 3.8) is 0 Å². The fraction of sp³-hybridized carbons (Fsp3) is 0.460. The average Bonchev–Trinajstić information content (AvgIpc) is 1.83. The number of methoxy groups -OCH3 is 3. The maximum atomic E-state index is 14.3. The molecule has 2 aromatic heterocycles. The number of carbonyl (C=O) groups excluding carboxylic acids is 5. The van der Waals surface area contributed by atoms with Gasteiger partial charge in [-0.25, -0.2) is 19.4 Å². The van der Waals surface area contributed by atoms with Crippen LogP contribution in [0.1, 0.15) is 109 Å². The number of carboxylic acid groups (broad SMARTS) is 1. The highest BCUT2D eigenvalue weighted by molar-refractivity contribution is 7.08. The number of carbonyl (C=O) groups is 6. The third-order valence-electron chi connectivity index (χ3n) is 15.4. The van der Waals surface area contributed by atoms with Gasteiger partial charge in [-0.05, 0) is 132 Å². The molecule has 0 aliphatic carbocycles. The first-order valence-electron chi connectivity index (χ1n) is 29.1. The standard InChI is InChI=1S/C32H38N2O9S.C31H36N2O9S/c1-4-13-42-32(37)34-24-19-27(40-15-7-8-28(35)39-3)26(38-2)18-23(24)30(36)33-12-10-21(22-11-16-44-20-22)17-25(33)31(34)43-29-9-5-6-14-41-29;1-3-12-41-31(37)33-23-18-26(39-14-6-7-27(34)35)25(38-2)17-22(23)29(36)32-11-9-20(21-10-15-43-19-21)16-24(32)30(33)42-28-8-4-5-13-40-28/h4,10-11,16,18-20,25,29,31H,1,5-9,12-15,17H2,2-3H3;3,9-10,15,17-19,24,28,30H,1,4-8,11-14,16H2,2H3,(H,34,35)/t25-,29?,31?;24-,28?,30?/m00/s1. The van der Waals surface area contributed by atoms with E-state index in [9.17, 15) is 28.8 Å². The number of carboxylic acids is 1. The quantitative estimate of drug-likeness (QED) is 0.0333. The second kappa shape index (κ2) is 30.7. The lowest BCUT2D eigenvalue weighted by Gasteiger charge is -2.42. The number of esters is 1. The van der Waals surface area contributed by atoms with E-state index in [-0.39, 0.29) is 97.5 Å². The van der Waals surface area contributed by atoms with E-state index in [1.165, 1.54) is 43.3 Å². The summed E-state index contributed by atoms with van der Waals surface area (Å²) < 4.78 is 64.1. The zero-order valence-electron chi connectivity index (χ0n) is 49.1. The number of nitrogens with zero attached hydrogens (tertiary/aromatic N) is 4. The maximum Gasteiger partial charge on any atom is 0.416 e. The highest BCUT2D eigenvalue weighted by atomic mass is 32.1. The van der Waals surface area contributed by atoms with E-state index in [4.69, 9.17) is 57.2 Å². The summed E-state index contributed by atoms with van der Waals surface area (Å²) in [4.78, 5) is 85.2. The molecule has 6 aliphatic heterocycles. The van der Waals surface area contributed by atoms with Crippen LogP contribution in [0.2, 0.25) is 0 Å². The van der Waals surface area contributed by atoms with Crippen molar-refractivity contribution in [3.05, 3.63) is 118 Å². The normalized spacial score (nSPS) is 21.5. The molecule has 22 nitrogen and oxygen atoms in total. The van der Waals surface area contributed by atoms with Gasteiger partial charge in [-0.1, -0.05) is 37.5 Å². The van der Waals surface area contributed by atoms with Gasteiger partial charge in [0.05, 0.1) is 69.1 Å². The molecule has 4 aromatic rings. The Labute approximate surface area is 513 Å². The molecule has 6 aliphatic rings. The minimum atomic E-state index is -0.957. The maximum absolute atomic E-state index is 14.3. The molecule has 10 rings (SSSR count). The summed E-state index contributed by atoms with van der Waals surface area (Å²) in [6, 6.07) is 9.26. The minimum Gasteiger partial charge on any atom is -0.493 e.